The van der Waals surface area contributed by atoms with Gasteiger partial charge in [-0.1, -0.05) is 6.42 Å². The molecule has 2 atom stereocenters. The molecule has 1 aliphatic carbocycles. The van der Waals surface area contributed by atoms with E-state index in [2.05, 4.69) is 9.97 Å². The second-order valence-corrected chi connectivity index (χ2v) is 3.85. The Kier molecular flexibility index (Phi) is 3.01. The monoisotopic (exact) mass is 209 g/mol. The van der Waals surface area contributed by atoms with Gasteiger partial charge in [-0.2, -0.15) is 0 Å². The average Bonchev–Trinajstić information content (AvgIpc) is 2.22. The molecule has 1 aromatic heterocycles. The number of nitrogens with two attached hydrogens (primary N) is 1. The smallest absolute Gasteiger partial charge is 0.254 e. The fraction of sp³-hybridized carbons (Fsp3) is 0.600. The first kappa shape index (κ1) is 10.2. The standard InChI is InChI=1S/C10H15N3O2/c11-7-3-1-2-4-8(7)15-10-5-9(14)12-6-13-10/h5-8H,1-4,11H2,(H,12,13,14). The van der Waals surface area contributed by atoms with E-state index >= 15 is 0 Å². The highest BCUT2D eigenvalue weighted by atomic mass is 16.5. The summed E-state index contributed by atoms with van der Waals surface area (Å²) in [7, 11) is 0. The maximum absolute atomic E-state index is 11.0. The summed E-state index contributed by atoms with van der Waals surface area (Å²) < 4.78 is 5.59. The van der Waals surface area contributed by atoms with Gasteiger partial charge in [-0.15, -0.1) is 0 Å². The fourth-order valence-corrected chi connectivity index (χ4v) is 1.84. The van der Waals surface area contributed by atoms with Gasteiger partial charge in [0, 0.05) is 6.04 Å². The molecule has 0 spiro atoms. The number of rotatable bonds is 2. The van der Waals surface area contributed by atoms with E-state index < -0.39 is 0 Å². The largest absolute Gasteiger partial charge is 0.473 e. The normalized spacial score (nSPS) is 26.2. The Labute approximate surface area is 87.7 Å². The highest BCUT2D eigenvalue weighted by molar-refractivity contribution is 5.06. The van der Waals surface area contributed by atoms with Crippen LogP contribution in [0.15, 0.2) is 17.2 Å². The molecule has 2 rings (SSSR count). The lowest BCUT2D eigenvalue weighted by atomic mass is 9.93. The van der Waals surface area contributed by atoms with Gasteiger partial charge in [-0.05, 0) is 19.3 Å². The number of H-pyrrole nitrogens is 1. The predicted molar refractivity (Wildman–Crippen MR) is 55.7 cm³/mol. The second-order valence-electron chi connectivity index (χ2n) is 3.85. The Balaban J connectivity index is 2.04. The van der Waals surface area contributed by atoms with E-state index in [-0.39, 0.29) is 17.7 Å². The molecule has 1 heterocycles. The third kappa shape index (κ3) is 2.56. The fourth-order valence-electron chi connectivity index (χ4n) is 1.84. The minimum Gasteiger partial charge on any atom is -0.473 e. The summed E-state index contributed by atoms with van der Waals surface area (Å²) in [6, 6.07) is 1.40. The van der Waals surface area contributed by atoms with Crippen molar-refractivity contribution in [2.45, 2.75) is 37.8 Å². The molecule has 0 aliphatic heterocycles. The van der Waals surface area contributed by atoms with E-state index in [4.69, 9.17) is 10.5 Å². The third-order valence-electron chi connectivity index (χ3n) is 2.68. The van der Waals surface area contributed by atoms with Crippen LogP contribution in [0.25, 0.3) is 0 Å². The van der Waals surface area contributed by atoms with Gasteiger partial charge in [0.2, 0.25) is 5.88 Å². The van der Waals surface area contributed by atoms with Gasteiger partial charge < -0.3 is 15.5 Å². The van der Waals surface area contributed by atoms with Crippen LogP contribution in [0.4, 0.5) is 0 Å². The van der Waals surface area contributed by atoms with E-state index in [1.165, 1.54) is 12.4 Å². The van der Waals surface area contributed by atoms with Gasteiger partial charge in [-0.25, -0.2) is 4.98 Å². The van der Waals surface area contributed by atoms with Crippen LogP contribution in [0, 0.1) is 0 Å². The maximum Gasteiger partial charge on any atom is 0.254 e. The van der Waals surface area contributed by atoms with Crippen LogP contribution in [-0.4, -0.2) is 22.1 Å². The molecule has 1 aliphatic rings. The Morgan fingerprint density at radius 2 is 2.27 bits per heavy atom. The number of hydrogen-bond acceptors (Lipinski definition) is 4. The molecular formula is C10H15N3O2. The summed E-state index contributed by atoms with van der Waals surface area (Å²) in [5, 5.41) is 0. The topological polar surface area (TPSA) is 81.0 Å². The first-order chi connectivity index (χ1) is 7.25. The summed E-state index contributed by atoms with van der Waals surface area (Å²) in [6.07, 6.45) is 5.54. The van der Waals surface area contributed by atoms with Crippen molar-refractivity contribution in [3.8, 4) is 5.88 Å². The average molecular weight is 209 g/mol. The lowest BCUT2D eigenvalue weighted by Gasteiger charge is -2.28. The Hall–Kier alpha value is -1.36. The molecule has 5 nitrogen and oxygen atoms in total. The summed E-state index contributed by atoms with van der Waals surface area (Å²) in [5.74, 6) is 0.362. The number of nitrogens with zero attached hydrogens (tertiary/aromatic N) is 1. The second kappa shape index (κ2) is 4.44. The SMILES string of the molecule is NC1CCCCC1Oc1cc(=O)[nH]cn1. The van der Waals surface area contributed by atoms with Crippen molar-refractivity contribution in [2.75, 3.05) is 0 Å². The lowest BCUT2D eigenvalue weighted by Crippen LogP contribution is -2.41. The van der Waals surface area contributed by atoms with Gasteiger partial charge in [0.05, 0.1) is 12.4 Å². The molecule has 1 fully saturated rings. The van der Waals surface area contributed by atoms with E-state index in [0.29, 0.717) is 5.88 Å². The van der Waals surface area contributed by atoms with E-state index in [1.807, 2.05) is 0 Å². The van der Waals surface area contributed by atoms with Gasteiger partial charge in [0.1, 0.15) is 6.10 Å². The number of hydrogen-bond donors (Lipinski definition) is 2. The zero-order chi connectivity index (χ0) is 10.7. The van der Waals surface area contributed by atoms with Crippen molar-refractivity contribution in [3.63, 3.8) is 0 Å². The first-order valence-corrected chi connectivity index (χ1v) is 5.22. The molecule has 0 radical (unpaired) electrons. The van der Waals surface area contributed by atoms with Crippen LogP contribution in [0.1, 0.15) is 25.7 Å². The maximum atomic E-state index is 11.0. The van der Waals surface area contributed by atoms with Crippen LogP contribution in [-0.2, 0) is 0 Å². The molecule has 3 N–H and O–H groups in total. The van der Waals surface area contributed by atoms with Crippen LogP contribution >= 0.6 is 0 Å². The molecule has 0 bridgehead atoms. The Morgan fingerprint density at radius 3 is 3.00 bits per heavy atom. The van der Waals surface area contributed by atoms with E-state index in [9.17, 15) is 4.79 Å². The highest BCUT2D eigenvalue weighted by Crippen LogP contribution is 2.20. The number of aromatic nitrogens is 2. The lowest BCUT2D eigenvalue weighted by molar-refractivity contribution is 0.126. The highest BCUT2D eigenvalue weighted by Gasteiger charge is 2.23. The van der Waals surface area contributed by atoms with Gasteiger partial charge >= 0.3 is 0 Å². The molecule has 0 aromatic carbocycles. The van der Waals surface area contributed by atoms with Gasteiger partial charge in [0.25, 0.3) is 5.56 Å². The molecule has 0 amide bonds. The first-order valence-electron chi connectivity index (χ1n) is 5.22. The predicted octanol–water partition coefficient (Wildman–Crippen LogP) is 0.419. The minimum atomic E-state index is -0.204. The summed E-state index contributed by atoms with van der Waals surface area (Å²) in [5.41, 5.74) is 5.72. The molecular weight excluding hydrogens is 194 g/mol. The molecule has 5 heteroatoms. The molecule has 1 aromatic rings. The van der Waals surface area contributed by atoms with Crippen molar-refractivity contribution < 1.29 is 4.74 Å². The van der Waals surface area contributed by atoms with Crippen molar-refractivity contribution in [3.05, 3.63) is 22.7 Å². The van der Waals surface area contributed by atoms with Crippen LogP contribution in [0.2, 0.25) is 0 Å². The van der Waals surface area contributed by atoms with Crippen LogP contribution in [0.5, 0.6) is 5.88 Å². The van der Waals surface area contributed by atoms with Crippen LogP contribution < -0.4 is 16.0 Å². The number of nitrogens with one attached hydrogen (secondary N) is 1. The van der Waals surface area contributed by atoms with Crippen molar-refractivity contribution in [2.24, 2.45) is 5.73 Å². The van der Waals surface area contributed by atoms with Crippen molar-refractivity contribution in [1.82, 2.24) is 9.97 Å². The van der Waals surface area contributed by atoms with Crippen LogP contribution in [0.3, 0.4) is 0 Å². The van der Waals surface area contributed by atoms with Gasteiger partial charge in [0.15, 0.2) is 0 Å². The van der Waals surface area contributed by atoms with Gasteiger partial charge in [-0.3, -0.25) is 4.79 Å². The Bertz CT molecular complexity index is 377. The summed E-state index contributed by atoms with van der Waals surface area (Å²) in [6.45, 7) is 0. The Morgan fingerprint density at radius 1 is 1.47 bits per heavy atom. The quantitative estimate of drug-likeness (QED) is 0.739. The number of aromatic amines is 1. The molecule has 0 saturated heterocycles. The zero-order valence-corrected chi connectivity index (χ0v) is 8.48. The minimum absolute atomic E-state index is 0.00644. The third-order valence-corrected chi connectivity index (χ3v) is 2.68. The van der Waals surface area contributed by atoms with Crippen molar-refractivity contribution >= 4 is 0 Å². The molecule has 82 valence electrons. The summed E-state index contributed by atoms with van der Waals surface area (Å²) in [4.78, 5) is 17.4. The molecule has 15 heavy (non-hydrogen) atoms. The summed E-state index contributed by atoms with van der Waals surface area (Å²) >= 11 is 0. The molecule has 1 saturated carbocycles. The molecule has 2 unspecified atom stereocenters. The van der Waals surface area contributed by atoms with Crippen molar-refractivity contribution in [1.29, 1.82) is 0 Å². The number of ether oxygens (including phenoxy) is 1. The zero-order valence-electron chi connectivity index (χ0n) is 8.48. The van der Waals surface area contributed by atoms with E-state index in [1.54, 1.807) is 0 Å². The van der Waals surface area contributed by atoms with E-state index in [0.717, 1.165) is 25.7 Å².